The molecule has 10 heteroatoms. The SMILES string of the molecule is COCCCC(=O)c1ccc(C(=O)Nc2cc3n(n2)CCN3c2ccc3c(c2)CCN(C)C3=O)s1. The van der Waals surface area contributed by atoms with Gasteiger partial charge in [-0.1, -0.05) is 0 Å². The molecule has 35 heavy (non-hydrogen) atoms. The zero-order chi connectivity index (χ0) is 24.5. The van der Waals surface area contributed by atoms with Crippen LogP contribution in [0.3, 0.4) is 0 Å². The van der Waals surface area contributed by atoms with Gasteiger partial charge < -0.3 is 19.9 Å². The second-order valence-corrected chi connectivity index (χ2v) is 9.80. The van der Waals surface area contributed by atoms with Crippen molar-refractivity contribution in [1.29, 1.82) is 0 Å². The number of thiophene rings is 1. The molecule has 2 aliphatic rings. The predicted molar refractivity (Wildman–Crippen MR) is 134 cm³/mol. The topological polar surface area (TPSA) is 96.8 Å². The number of carbonyl (C=O) groups is 3. The molecule has 182 valence electrons. The van der Waals surface area contributed by atoms with E-state index in [-0.39, 0.29) is 17.6 Å². The number of aromatic nitrogens is 2. The monoisotopic (exact) mass is 493 g/mol. The first-order valence-electron chi connectivity index (χ1n) is 11.6. The maximum atomic E-state index is 12.8. The standard InChI is InChI=1S/C25H27N5O4S/c1-28-10-9-16-14-17(5-6-18(16)25(28)33)29-11-12-30-23(29)15-22(27-30)26-24(32)21-8-7-20(35-21)19(31)4-3-13-34-2/h5-8,14-15H,3-4,9-13H2,1-2H3,(H,26,27,32). The number of benzene rings is 1. The number of methoxy groups -OCH3 is 1. The molecule has 3 aromatic rings. The van der Waals surface area contributed by atoms with Gasteiger partial charge in [0.15, 0.2) is 11.6 Å². The van der Waals surface area contributed by atoms with Crippen molar-refractivity contribution in [3.05, 3.63) is 57.3 Å². The van der Waals surface area contributed by atoms with Gasteiger partial charge in [0.1, 0.15) is 5.82 Å². The molecular weight excluding hydrogens is 466 g/mol. The second kappa shape index (κ2) is 9.63. The minimum Gasteiger partial charge on any atom is -0.385 e. The first-order valence-corrected chi connectivity index (χ1v) is 12.4. The lowest BCUT2D eigenvalue weighted by atomic mass is 9.98. The Morgan fingerprint density at radius 1 is 1.11 bits per heavy atom. The van der Waals surface area contributed by atoms with Gasteiger partial charge in [0.05, 0.1) is 16.3 Å². The van der Waals surface area contributed by atoms with Gasteiger partial charge in [-0.15, -0.1) is 11.3 Å². The van der Waals surface area contributed by atoms with Crippen LogP contribution < -0.4 is 10.2 Å². The Morgan fingerprint density at radius 3 is 2.77 bits per heavy atom. The third kappa shape index (κ3) is 4.59. The molecule has 2 aromatic heterocycles. The van der Waals surface area contributed by atoms with Crippen molar-refractivity contribution in [2.45, 2.75) is 25.8 Å². The van der Waals surface area contributed by atoms with Crippen LogP contribution in [0.15, 0.2) is 36.4 Å². The molecule has 2 aliphatic heterocycles. The van der Waals surface area contributed by atoms with Crippen LogP contribution in [0.5, 0.6) is 0 Å². The van der Waals surface area contributed by atoms with E-state index in [0.29, 0.717) is 48.1 Å². The van der Waals surface area contributed by atoms with E-state index in [0.717, 1.165) is 35.6 Å². The first-order chi connectivity index (χ1) is 16.9. The van der Waals surface area contributed by atoms with E-state index < -0.39 is 0 Å². The summed E-state index contributed by atoms with van der Waals surface area (Å²) in [5.41, 5.74) is 2.82. The lowest BCUT2D eigenvalue weighted by Crippen LogP contribution is -2.34. The van der Waals surface area contributed by atoms with Crippen LogP contribution in [0.2, 0.25) is 0 Å². The van der Waals surface area contributed by atoms with E-state index in [2.05, 4.69) is 21.4 Å². The van der Waals surface area contributed by atoms with Gasteiger partial charge in [0.25, 0.3) is 11.8 Å². The smallest absolute Gasteiger partial charge is 0.266 e. The van der Waals surface area contributed by atoms with Crippen molar-refractivity contribution in [2.24, 2.45) is 0 Å². The molecule has 1 N–H and O–H groups in total. The number of carbonyl (C=O) groups excluding carboxylic acids is 3. The van der Waals surface area contributed by atoms with Crippen LogP contribution in [-0.2, 0) is 17.7 Å². The number of hydrogen-bond donors (Lipinski definition) is 1. The summed E-state index contributed by atoms with van der Waals surface area (Å²) in [5.74, 6) is 1.14. The molecule has 0 spiro atoms. The molecule has 4 heterocycles. The third-order valence-electron chi connectivity index (χ3n) is 6.36. The molecular formula is C25H27N5O4S. The van der Waals surface area contributed by atoms with E-state index in [1.807, 2.05) is 29.9 Å². The van der Waals surface area contributed by atoms with Gasteiger partial charge >= 0.3 is 0 Å². The maximum Gasteiger partial charge on any atom is 0.266 e. The van der Waals surface area contributed by atoms with Crippen LogP contribution in [0, 0.1) is 0 Å². The highest BCUT2D eigenvalue weighted by Crippen LogP contribution is 2.34. The zero-order valence-corrected chi connectivity index (χ0v) is 20.6. The number of rotatable bonds is 8. The summed E-state index contributed by atoms with van der Waals surface area (Å²) >= 11 is 1.19. The third-order valence-corrected chi connectivity index (χ3v) is 7.49. The number of fused-ring (bicyclic) bond motifs is 2. The summed E-state index contributed by atoms with van der Waals surface area (Å²) in [6.07, 6.45) is 1.88. The van der Waals surface area contributed by atoms with Crippen LogP contribution in [0.1, 0.15) is 48.1 Å². The molecule has 0 fully saturated rings. The minimum absolute atomic E-state index is 0.0149. The van der Waals surface area contributed by atoms with Crippen LogP contribution in [-0.4, -0.2) is 66.1 Å². The fourth-order valence-corrected chi connectivity index (χ4v) is 5.34. The zero-order valence-electron chi connectivity index (χ0n) is 19.7. The van der Waals surface area contributed by atoms with Crippen LogP contribution >= 0.6 is 11.3 Å². The van der Waals surface area contributed by atoms with Crippen molar-refractivity contribution in [1.82, 2.24) is 14.7 Å². The van der Waals surface area contributed by atoms with Crippen LogP contribution in [0.4, 0.5) is 17.3 Å². The number of likely N-dealkylation sites (N-methyl/N-ethyl adjacent to an activating group) is 1. The van der Waals surface area contributed by atoms with Gasteiger partial charge in [0.2, 0.25) is 0 Å². The number of amides is 2. The first kappa shape index (κ1) is 23.3. The van der Waals surface area contributed by atoms with Gasteiger partial charge in [-0.05, 0) is 48.7 Å². The highest BCUT2D eigenvalue weighted by molar-refractivity contribution is 7.16. The Balaban J connectivity index is 1.28. The van der Waals surface area contributed by atoms with Crippen molar-refractivity contribution in [3.8, 4) is 0 Å². The fourth-order valence-electron chi connectivity index (χ4n) is 4.47. The Kier molecular flexibility index (Phi) is 6.40. The van der Waals surface area contributed by atoms with E-state index in [9.17, 15) is 14.4 Å². The highest BCUT2D eigenvalue weighted by atomic mass is 32.1. The van der Waals surface area contributed by atoms with Crippen molar-refractivity contribution >= 4 is 46.3 Å². The normalized spacial score (nSPS) is 14.7. The van der Waals surface area contributed by atoms with Crippen molar-refractivity contribution < 1.29 is 19.1 Å². The molecule has 9 nitrogen and oxygen atoms in total. The average Bonchev–Trinajstić information content (AvgIpc) is 3.57. The largest absolute Gasteiger partial charge is 0.385 e. The maximum absolute atomic E-state index is 12.8. The molecule has 5 rings (SSSR count). The molecule has 0 unspecified atom stereocenters. The molecule has 0 radical (unpaired) electrons. The fraction of sp³-hybridized carbons (Fsp3) is 0.360. The minimum atomic E-state index is -0.286. The Labute approximate surface area is 207 Å². The average molecular weight is 494 g/mol. The number of Topliss-reactive ketones (excluding diaryl/α,β-unsaturated/α-hetero) is 1. The summed E-state index contributed by atoms with van der Waals surface area (Å²) in [7, 11) is 3.43. The number of ketones is 1. The Hall–Kier alpha value is -3.50. The molecule has 1 aromatic carbocycles. The van der Waals surface area contributed by atoms with E-state index in [4.69, 9.17) is 4.74 Å². The van der Waals surface area contributed by atoms with Gasteiger partial charge in [-0.25, -0.2) is 4.68 Å². The summed E-state index contributed by atoms with van der Waals surface area (Å²) in [6.45, 7) is 2.71. The molecule has 0 saturated heterocycles. The molecule has 0 aliphatic carbocycles. The summed E-state index contributed by atoms with van der Waals surface area (Å²) in [6, 6.07) is 11.2. The van der Waals surface area contributed by atoms with E-state index in [1.54, 1.807) is 24.1 Å². The van der Waals surface area contributed by atoms with Crippen molar-refractivity contribution in [3.63, 3.8) is 0 Å². The number of ether oxygens (including phenoxy) is 1. The van der Waals surface area contributed by atoms with E-state index in [1.165, 1.54) is 11.3 Å². The molecule has 0 saturated carbocycles. The quantitative estimate of drug-likeness (QED) is 0.381. The Bertz CT molecular complexity index is 1300. The van der Waals surface area contributed by atoms with E-state index >= 15 is 0 Å². The summed E-state index contributed by atoms with van der Waals surface area (Å²) < 4.78 is 6.86. The molecule has 0 atom stereocenters. The number of nitrogens with zero attached hydrogens (tertiary/aromatic N) is 4. The number of hydrogen-bond acceptors (Lipinski definition) is 7. The number of anilines is 3. The van der Waals surface area contributed by atoms with Gasteiger partial charge in [-0.2, -0.15) is 5.10 Å². The summed E-state index contributed by atoms with van der Waals surface area (Å²) in [4.78, 5) is 42.4. The number of nitrogens with one attached hydrogen (secondary N) is 1. The molecule has 0 bridgehead atoms. The van der Waals surface area contributed by atoms with Gasteiger partial charge in [0, 0.05) is 57.6 Å². The molecule has 2 amide bonds. The second-order valence-electron chi connectivity index (χ2n) is 8.72. The predicted octanol–water partition coefficient (Wildman–Crippen LogP) is 3.59. The lowest BCUT2D eigenvalue weighted by molar-refractivity contribution is 0.0780. The Morgan fingerprint density at radius 2 is 1.94 bits per heavy atom. The van der Waals surface area contributed by atoms with Crippen molar-refractivity contribution in [2.75, 3.05) is 44.1 Å². The van der Waals surface area contributed by atoms with Gasteiger partial charge in [-0.3, -0.25) is 14.4 Å². The van der Waals surface area contributed by atoms with Crippen LogP contribution in [0.25, 0.3) is 0 Å². The lowest BCUT2D eigenvalue weighted by Gasteiger charge is -2.26. The highest BCUT2D eigenvalue weighted by Gasteiger charge is 2.27. The summed E-state index contributed by atoms with van der Waals surface area (Å²) in [5, 5.41) is 7.40.